The Bertz CT molecular complexity index is 1910. The normalized spacial score (nSPS) is 28.7. The molecule has 2 fully saturated rings. The van der Waals surface area contributed by atoms with E-state index in [2.05, 4.69) is 16.1 Å². The zero-order valence-electron chi connectivity index (χ0n) is 36.4. The Morgan fingerprint density at radius 1 is 1.00 bits per heavy atom. The number of hydrazine groups is 1. The lowest BCUT2D eigenvalue weighted by molar-refractivity contribution is -0.191. The minimum atomic E-state index is -1.52. The van der Waals surface area contributed by atoms with Crippen molar-refractivity contribution < 1.29 is 62.4 Å². The van der Waals surface area contributed by atoms with E-state index in [4.69, 9.17) is 9.57 Å². The fourth-order valence-electron chi connectivity index (χ4n) is 7.35. The summed E-state index contributed by atoms with van der Waals surface area (Å²) >= 11 is 0. The molecule has 3 aliphatic heterocycles. The number of aliphatic hydroxyl groups excluding tert-OH is 2. The molecule has 0 aliphatic carbocycles. The maximum Gasteiger partial charge on any atom is 0.325 e. The van der Waals surface area contributed by atoms with E-state index in [9.17, 15) is 52.9 Å². The molecule has 18 heteroatoms. The van der Waals surface area contributed by atoms with E-state index < -0.39 is 102 Å². The van der Waals surface area contributed by atoms with Crippen LogP contribution in [0, 0.1) is 29.4 Å². The van der Waals surface area contributed by atoms with E-state index >= 15 is 0 Å². The number of hydrogen-bond acceptors (Lipinski definition) is 12. The highest BCUT2D eigenvalue weighted by atomic mass is 19.2. The van der Waals surface area contributed by atoms with Gasteiger partial charge in [0.05, 0.1) is 24.7 Å². The summed E-state index contributed by atoms with van der Waals surface area (Å²) in [6, 6.07) is -2.21. The van der Waals surface area contributed by atoms with Gasteiger partial charge in [0.2, 0.25) is 11.8 Å². The van der Waals surface area contributed by atoms with E-state index in [1.165, 1.54) is 43.2 Å². The number of Topliss-reactive ketones (excluding diaryl/α,β-unsaturated/α-hetero) is 1. The van der Waals surface area contributed by atoms with E-state index in [-0.39, 0.29) is 49.5 Å². The predicted molar refractivity (Wildman–Crippen MR) is 225 cm³/mol. The van der Waals surface area contributed by atoms with Crippen molar-refractivity contribution in [1.82, 2.24) is 26.1 Å². The molecule has 0 aromatic heterocycles. The Balaban J connectivity index is 1.72. The molecule has 16 nitrogen and oxygen atoms in total. The number of rotatable bonds is 9. The Hall–Kier alpha value is -5.30. The van der Waals surface area contributed by atoms with Crippen LogP contribution in [0.1, 0.15) is 85.1 Å². The van der Waals surface area contributed by atoms with Crippen LogP contribution in [0.3, 0.4) is 0 Å². The van der Waals surface area contributed by atoms with Crippen LogP contribution in [-0.4, -0.2) is 117 Å². The summed E-state index contributed by atoms with van der Waals surface area (Å²) in [6.07, 6.45) is 8.79. The van der Waals surface area contributed by atoms with Gasteiger partial charge in [0.1, 0.15) is 30.0 Å². The number of hydroxylamine groups is 2. The molecular formula is C45H61F2N5O11. The number of cyclic esters (lactones) is 1. The molecule has 1 aromatic carbocycles. The van der Waals surface area contributed by atoms with Gasteiger partial charge in [0.15, 0.2) is 17.4 Å². The SMILES string of the molecule is CC(=O)CC[C@H]1C(=O)N[C@@H](C(C)C)C(=O)N[C@@H](Cc2cc(O)c(F)c(F)c2)C(=O)N2CCCC(N2)C(=O)O[C@H](/C(C)=C/C=C/C(=O)N2CCCCO2)C/C=C/C=C/[C@H](O)[C@H](C)[C@H]1O. The number of amides is 4. The molecule has 4 amide bonds. The van der Waals surface area contributed by atoms with Gasteiger partial charge in [0.25, 0.3) is 11.8 Å². The number of ketones is 1. The standard InChI is InChI=1S/C45H61F2N5O11/c1-26(2)40-43(59)48-34(24-30-23-32(46)39(47)36(55)25-30)44(60)51-20-12-14-33(50-51)45(61)63-37(27(3)13-11-17-38(56)52-21-9-10-22-62-52)16-8-6-7-15-35(54)29(5)41(57)31(42(58)49-40)19-18-28(4)53/h6-8,11,13,15,17,23,25-26,29,31,33-35,37,40-41,50,54-55,57H,9-10,12,14,16,18-22,24H2,1-5H3,(H,48,59)(H,49,58)/b8-6+,15-7+,17-11+,27-13+/t29-,31+,33?,34-,35-,37-,40-,41+/m0/s1. The molecule has 6 N–H and O–H groups in total. The minimum absolute atomic E-state index is 0.0593. The number of fused-ring (bicyclic) bond motifs is 2. The largest absolute Gasteiger partial charge is 0.505 e. The summed E-state index contributed by atoms with van der Waals surface area (Å²) in [5.41, 5.74) is 3.38. The van der Waals surface area contributed by atoms with Crippen LogP contribution in [0.15, 0.2) is 60.2 Å². The molecule has 3 heterocycles. The number of phenolic OH excluding ortho intramolecular Hbond substituents is 1. The van der Waals surface area contributed by atoms with Crippen molar-refractivity contribution in [2.75, 3.05) is 19.7 Å². The Morgan fingerprint density at radius 3 is 2.41 bits per heavy atom. The van der Waals surface area contributed by atoms with Crippen LogP contribution in [0.2, 0.25) is 0 Å². The van der Waals surface area contributed by atoms with E-state index in [0.29, 0.717) is 25.1 Å². The number of benzene rings is 1. The smallest absolute Gasteiger partial charge is 0.325 e. The molecule has 0 radical (unpaired) electrons. The zero-order valence-corrected chi connectivity index (χ0v) is 36.4. The number of allylic oxidation sites excluding steroid dienone is 4. The molecule has 1 aromatic rings. The molecule has 2 saturated heterocycles. The summed E-state index contributed by atoms with van der Waals surface area (Å²) in [5.74, 6) is -10.5. The molecule has 2 bridgehead atoms. The van der Waals surface area contributed by atoms with Gasteiger partial charge in [-0.1, -0.05) is 57.2 Å². The van der Waals surface area contributed by atoms with Crippen molar-refractivity contribution in [3.05, 3.63) is 77.4 Å². The number of halogens is 2. The Labute approximate surface area is 366 Å². The van der Waals surface area contributed by atoms with Gasteiger partial charge < -0.3 is 35.5 Å². The molecule has 8 atom stereocenters. The van der Waals surface area contributed by atoms with Crippen LogP contribution < -0.4 is 16.1 Å². The Morgan fingerprint density at radius 2 is 1.75 bits per heavy atom. The van der Waals surface area contributed by atoms with Crippen molar-refractivity contribution in [3.8, 4) is 5.75 Å². The molecule has 3 aliphatic rings. The van der Waals surface area contributed by atoms with E-state index in [1.54, 1.807) is 39.0 Å². The maximum atomic E-state index is 14.5. The summed E-state index contributed by atoms with van der Waals surface area (Å²) in [6.45, 7) is 8.77. The quantitative estimate of drug-likeness (QED) is 0.120. The van der Waals surface area contributed by atoms with Crippen LogP contribution in [0.4, 0.5) is 8.78 Å². The fourth-order valence-corrected chi connectivity index (χ4v) is 7.35. The number of nitrogens with one attached hydrogen (secondary N) is 3. The lowest BCUT2D eigenvalue weighted by Gasteiger charge is -2.36. The molecule has 4 rings (SSSR count). The van der Waals surface area contributed by atoms with Gasteiger partial charge in [-0.3, -0.25) is 33.8 Å². The highest BCUT2D eigenvalue weighted by molar-refractivity contribution is 5.93. The highest BCUT2D eigenvalue weighted by Crippen LogP contribution is 2.25. The van der Waals surface area contributed by atoms with Crippen molar-refractivity contribution in [2.45, 2.75) is 122 Å². The van der Waals surface area contributed by atoms with Gasteiger partial charge in [-0.25, -0.2) is 14.9 Å². The molecule has 1 unspecified atom stereocenters. The number of aromatic hydroxyl groups is 1. The lowest BCUT2D eigenvalue weighted by atomic mass is 9.84. The minimum Gasteiger partial charge on any atom is -0.505 e. The number of carbonyl (C=O) groups excluding carboxylic acids is 6. The van der Waals surface area contributed by atoms with Gasteiger partial charge >= 0.3 is 5.97 Å². The molecule has 0 saturated carbocycles. The number of carbonyl (C=O) groups is 6. The first-order valence-corrected chi connectivity index (χ1v) is 21.4. The maximum absolute atomic E-state index is 14.5. The van der Waals surface area contributed by atoms with Crippen LogP contribution in [-0.2, 0) is 44.8 Å². The average molecular weight is 886 g/mol. The monoisotopic (exact) mass is 885 g/mol. The zero-order chi connectivity index (χ0) is 46.4. The lowest BCUT2D eigenvalue weighted by Crippen LogP contribution is -2.62. The third kappa shape index (κ3) is 14.6. The third-order valence-electron chi connectivity index (χ3n) is 11.3. The van der Waals surface area contributed by atoms with E-state index in [1.807, 2.05) is 0 Å². The molecule has 346 valence electrons. The van der Waals surface area contributed by atoms with Gasteiger partial charge in [-0.15, -0.1) is 0 Å². The second-order valence-electron chi connectivity index (χ2n) is 16.6. The van der Waals surface area contributed by atoms with Crippen molar-refractivity contribution in [2.24, 2.45) is 17.8 Å². The van der Waals surface area contributed by atoms with Crippen LogP contribution in [0.25, 0.3) is 0 Å². The average Bonchev–Trinajstić information content (AvgIpc) is 3.25. The topological polar surface area (TPSA) is 224 Å². The summed E-state index contributed by atoms with van der Waals surface area (Å²) in [7, 11) is 0. The van der Waals surface area contributed by atoms with Crippen molar-refractivity contribution >= 4 is 35.4 Å². The number of phenols is 1. The summed E-state index contributed by atoms with van der Waals surface area (Å²) in [4.78, 5) is 86.3. The second-order valence-corrected chi connectivity index (χ2v) is 16.6. The predicted octanol–water partition coefficient (Wildman–Crippen LogP) is 3.16. The third-order valence-corrected chi connectivity index (χ3v) is 11.3. The van der Waals surface area contributed by atoms with Crippen molar-refractivity contribution in [3.63, 3.8) is 0 Å². The first-order valence-electron chi connectivity index (χ1n) is 21.4. The summed E-state index contributed by atoms with van der Waals surface area (Å²) < 4.78 is 34.6. The highest BCUT2D eigenvalue weighted by Gasteiger charge is 2.39. The number of esters is 1. The molecule has 0 spiro atoms. The first-order chi connectivity index (χ1) is 29.9. The number of nitrogens with zero attached hydrogens (tertiary/aromatic N) is 2. The fraction of sp³-hybridized carbons (Fsp3) is 0.556. The summed E-state index contributed by atoms with van der Waals surface area (Å²) in [5, 5.41) is 40.3. The van der Waals surface area contributed by atoms with Crippen molar-refractivity contribution in [1.29, 1.82) is 0 Å². The van der Waals surface area contributed by atoms with Crippen LogP contribution in [0.5, 0.6) is 5.75 Å². The van der Waals surface area contributed by atoms with Gasteiger partial charge in [-0.2, -0.15) is 4.39 Å². The van der Waals surface area contributed by atoms with E-state index in [0.717, 1.165) is 30.0 Å². The van der Waals surface area contributed by atoms with Gasteiger partial charge in [0, 0.05) is 44.3 Å². The number of hydrogen-bond donors (Lipinski definition) is 6. The van der Waals surface area contributed by atoms with Gasteiger partial charge in [-0.05, 0) is 75.1 Å². The molecular weight excluding hydrogens is 825 g/mol. The second kappa shape index (κ2) is 24.0. The molecule has 63 heavy (non-hydrogen) atoms. The Kier molecular flexibility index (Phi) is 19.1. The first kappa shape index (κ1) is 50.3. The number of ether oxygens (including phenoxy) is 1. The number of aliphatic hydroxyl groups is 2. The van der Waals surface area contributed by atoms with Crippen LogP contribution >= 0.6 is 0 Å².